The highest BCUT2D eigenvalue weighted by molar-refractivity contribution is 6.09. The van der Waals surface area contributed by atoms with Crippen LogP contribution in [-0.4, -0.2) is 0 Å². The van der Waals surface area contributed by atoms with Crippen molar-refractivity contribution in [3.8, 4) is 34.5 Å². The van der Waals surface area contributed by atoms with E-state index in [1.54, 1.807) is 0 Å². The Bertz CT molecular complexity index is 5960. The second-order valence-corrected chi connectivity index (χ2v) is 32.7. The van der Waals surface area contributed by atoms with Gasteiger partial charge in [0, 0.05) is 32.3 Å². The molecule has 15 aromatic carbocycles. The van der Waals surface area contributed by atoms with Crippen LogP contribution in [0.4, 0.5) is 51.2 Å². The number of aryl methyl sites for hydroxylation is 9. The second kappa shape index (κ2) is 25.5. The molecule has 0 N–H and O–H groups in total. The molecule has 0 saturated heterocycles. The molecular weight excluding hydrogens is 1280 g/mol. The van der Waals surface area contributed by atoms with Gasteiger partial charge in [-0.1, -0.05) is 268 Å². The molecule has 15 aromatic rings. The summed E-state index contributed by atoms with van der Waals surface area (Å²) in [5.74, 6) is 5.53. The first kappa shape index (κ1) is 68.1. The first-order valence-electron chi connectivity index (χ1n) is 37.1. The van der Waals surface area contributed by atoms with E-state index in [4.69, 9.17) is 14.2 Å². The summed E-state index contributed by atoms with van der Waals surface area (Å²) in [6.45, 7) is 40.4. The molecule has 522 valence electrons. The lowest BCUT2D eigenvalue weighted by Crippen LogP contribution is -2.20. The van der Waals surface area contributed by atoms with E-state index in [1.807, 2.05) is 0 Å². The molecule has 105 heavy (non-hydrogen) atoms. The summed E-state index contributed by atoms with van der Waals surface area (Å²) < 4.78 is 20.5. The lowest BCUT2D eigenvalue weighted by atomic mass is 9.84. The summed E-state index contributed by atoms with van der Waals surface area (Å²) >= 11 is 0. The molecule has 6 nitrogen and oxygen atoms in total. The second-order valence-electron chi connectivity index (χ2n) is 32.7. The Morgan fingerprint density at radius 3 is 0.867 bits per heavy atom. The number of rotatable bonds is 3. The van der Waals surface area contributed by atoms with Gasteiger partial charge in [0.25, 0.3) is 0 Å². The molecule has 0 aliphatic carbocycles. The molecule has 0 bridgehead atoms. The normalized spacial score (nSPS) is 13.0. The van der Waals surface area contributed by atoms with Gasteiger partial charge in [0.15, 0.2) is 34.5 Å². The molecule has 3 heterocycles. The summed E-state index contributed by atoms with van der Waals surface area (Å²) in [7, 11) is 0. The summed E-state index contributed by atoms with van der Waals surface area (Å²) in [4.78, 5) is 7.26. The summed E-state index contributed by atoms with van der Waals surface area (Å²) in [6, 6.07) is 85.6. The molecule has 0 aromatic heterocycles. The Morgan fingerprint density at radius 1 is 0.210 bits per heavy atom. The van der Waals surface area contributed by atoms with Crippen molar-refractivity contribution in [2.45, 2.75) is 141 Å². The van der Waals surface area contributed by atoms with Crippen molar-refractivity contribution in [1.29, 1.82) is 0 Å². The number of nitrogens with zero attached hydrogens (tertiary/aromatic N) is 3. The van der Waals surface area contributed by atoms with Crippen LogP contribution < -0.4 is 28.9 Å². The number of benzene rings is 15. The maximum absolute atomic E-state index is 6.83. The molecule has 3 aliphatic rings. The topological polar surface area (TPSA) is 37.4 Å². The Hall–Kier alpha value is -11.3. The lowest BCUT2D eigenvalue weighted by molar-refractivity contribution is 0.488. The Morgan fingerprint density at radius 2 is 0.486 bits per heavy atom. The Balaban J connectivity index is 0.000000121. The van der Waals surface area contributed by atoms with E-state index in [-0.39, 0.29) is 16.2 Å². The standard InChI is InChI=1S/3C33H31NO/c1-20-19-29-32(27-14-10-9-12-25(20)27)35-31-26-13-8-7-11-23(26)15-16-28(31)34(29)30-21(2)17-24(18-22(30)3)33(4,5)6;1-20-10-9-13-27-25(20)15-17-29-32(27)35-31-26-12-8-7-11-23(26)14-16-28(31)34(29)30-21(2)18-24(19-22(30)3)33(4,5)6;1-20-11-14-27-24(17-20)13-16-29-32(27)35-31-26-10-8-7-9-23(26)12-15-28(31)34(29)30-21(2)18-25(19-22(30)3)33(4,5)6/h3*7-19H,1-6H3. The van der Waals surface area contributed by atoms with Crippen molar-refractivity contribution in [3.05, 3.63) is 303 Å². The van der Waals surface area contributed by atoms with Crippen molar-refractivity contribution >= 4 is 116 Å². The summed E-state index contributed by atoms with van der Waals surface area (Å²) in [5, 5.41) is 14.0. The zero-order chi connectivity index (χ0) is 73.4. The molecule has 0 radical (unpaired) electrons. The quantitative estimate of drug-likeness (QED) is 0.175. The average molecular weight is 1370 g/mol. The van der Waals surface area contributed by atoms with Gasteiger partial charge in [-0.2, -0.15) is 0 Å². The fourth-order valence-electron chi connectivity index (χ4n) is 16.4. The monoisotopic (exact) mass is 1370 g/mol. The highest BCUT2D eigenvalue weighted by atomic mass is 16.5. The predicted octanol–water partition coefficient (Wildman–Crippen LogP) is 29.4. The van der Waals surface area contributed by atoms with E-state index in [9.17, 15) is 0 Å². The van der Waals surface area contributed by atoms with Crippen molar-refractivity contribution in [2.24, 2.45) is 0 Å². The number of ether oxygens (including phenoxy) is 3. The molecule has 18 rings (SSSR count). The van der Waals surface area contributed by atoms with E-state index in [2.05, 4.69) is 376 Å². The van der Waals surface area contributed by atoms with Gasteiger partial charge >= 0.3 is 0 Å². The Labute approximate surface area is 619 Å². The van der Waals surface area contributed by atoms with E-state index >= 15 is 0 Å². The van der Waals surface area contributed by atoms with Crippen molar-refractivity contribution in [1.82, 2.24) is 0 Å². The van der Waals surface area contributed by atoms with Gasteiger partial charge in [0.2, 0.25) is 0 Å². The lowest BCUT2D eigenvalue weighted by Gasteiger charge is -2.37. The molecule has 0 atom stereocenters. The minimum Gasteiger partial charge on any atom is -0.452 e. The van der Waals surface area contributed by atoms with Crippen molar-refractivity contribution in [2.75, 3.05) is 14.7 Å². The molecule has 3 aliphatic heterocycles. The Kier molecular flexibility index (Phi) is 16.6. The van der Waals surface area contributed by atoms with Gasteiger partial charge in [0.1, 0.15) is 0 Å². The van der Waals surface area contributed by atoms with Gasteiger partial charge in [-0.15, -0.1) is 0 Å². The number of hydrogen-bond donors (Lipinski definition) is 0. The molecule has 0 amide bonds. The highest BCUT2D eigenvalue weighted by Gasteiger charge is 2.36. The number of hydrogen-bond acceptors (Lipinski definition) is 6. The fraction of sp³-hybridized carbons (Fsp3) is 0.212. The van der Waals surface area contributed by atoms with Gasteiger partial charge in [-0.25, -0.2) is 0 Å². The van der Waals surface area contributed by atoms with Gasteiger partial charge < -0.3 is 28.9 Å². The van der Waals surface area contributed by atoms with Crippen LogP contribution in [0.3, 0.4) is 0 Å². The molecule has 0 fully saturated rings. The highest BCUT2D eigenvalue weighted by Crippen LogP contribution is 2.60. The predicted molar refractivity (Wildman–Crippen MR) is 447 cm³/mol. The van der Waals surface area contributed by atoms with Crippen LogP contribution in [0.5, 0.6) is 34.5 Å². The van der Waals surface area contributed by atoms with Crippen LogP contribution in [-0.2, 0) is 16.2 Å². The van der Waals surface area contributed by atoms with Crippen molar-refractivity contribution < 1.29 is 14.2 Å². The van der Waals surface area contributed by atoms with E-state index in [1.165, 1.54) is 116 Å². The largest absolute Gasteiger partial charge is 0.452 e. The van der Waals surface area contributed by atoms with Gasteiger partial charge in [0.05, 0.1) is 51.2 Å². The van der Waals surface area contributed by atoms with Crippen LogP contribution in [0.2, 0.25) is 0 Å². The van der Waals surface area contributed by atoms with E-state index in [0.717, 1.165) is 101 Å². The SMILES string of the molecule is Cc1cc(C(C)(C)C)cc(C)c1N1c2ccc3ccccc3c2Oc2c1cc(C)c1ccccc21.Cc1cc(C(C)(C)C)cc(C)c1N1c2ccc3ccccc3c2Oc2c1ccc1c(C)cccc21.Cc1ccc2c3c(ccc2c1)N(c1c(C)cc(C(C)(C)C)cc1C)c1ccc2ccccc2c1O3. The fourth-order valence-corrected chi connectivity index (χ4v) is 16.4. The molecule has 6 heteroatoms. The van der Waals surface area contributed by atoms with E-state index in [0.29, 0.717) is 0 Å². The summed E-state index contributed by atoms with van der Waals surface area (Å²) in [5.41, 5.74) is 25.9. The van der Waals surface area contributed by atoms with Crippen LogP contribution in [0.15, 0.2) is 237 Å². The van der Waals surface area contributed by atoms with Crippen LogP contribution in [0.1, 0.15) is 129 Å². The van der Waals surface area contributed by atoms with E-state index < -0.39 is 0 Å². The smallest absolute Gasteiger partial charge is 0.159 e. The first-order valence-corrected chi connectivity index (χ1v) is 37.1. The third-order valence-electron chi connectivity index (χ3n) is 21.9. The molecule has 0 unspecified atom stereocenters. The van der Waals surface area contributed by atoms with Crippen molar-refractivity contribution in [3.63, 3.8) is 0 Å². The molecule has 0 saturated carbocycles. The van der Waals surface area contributed by atoms with Gasteiger partial charge in [-0.3, -0.25) is 0 Å². The molecular formula is C99H93N3O3. The minimum atomic E-state index is 0.0951. The zero-order valence-electron chi connectivity index (χ0n) is 64.1. The minimum absolute atomic E-state index is 0.0951. The molecule has 0 spiro atoms. The zero-order valence-corrected chi connectivity index (χ0v) is 64.1. The third-order valence-corrected chi connectivity index (χ3v) is 21.9. The van der Waals surface area contributed by atoms with Crippen LogP contribution >= 0.6 is 0 Å². The average Bonchev–Trinajstić information content (AvgIpc) is 0.687. The van der Waals surface area contributed by atoms with Crippen LogP contribution in [0, 0.1) is 62.3 Å². The first-order chi connectivity index (χ1) is 50.2. The summed E-state index contributed by atoms with van der Waals surface area (Å²) in [6.07, 6.45) is 0. The maximum atomic E-state index is 6.83. The van der Waals surface area contributed by atoms with Gasteiger partial charge in [-0.05, 0) is 208 Å². The maximum Gasteiger partial charge on any atom is 0.159 e. The third kappa shape index (κ3) is 11.7. The number of anilines is 9. The van der Waals surface area contributed by atoms with Crippen LogP contribution in [0.25, 0.3) is 64.6 Å². The number of fused-ring (bicyclic) bond motifs is 18.